The van der Waals surface area contributed by atoms with Crippen LogP contribution in [0.1, 0.15) is 32.0 Å². The van der Waals surface area contributed by atoms with Gasteiger partial charge in [0.25, 0.3) is 0 Å². The van der Waals surface area contributed by atoms with Gasteiger partial charge < -0.3 is 10.6 Å². The van der Waals surface area contributed by atoms with Crippen LogP contribution in [0.5, 0.6) is 0 Å². The number of aromatic nitrogens is 2. The summed E-state index contributed by atoms with van der Waals surface area (Å²) < 4.78 is 0. The van der Waals surface area contributed by atoms with E-state index in [0.717, 1.165) is 47.6 Å². The standard InChI is InChI=1S/C15H22N4/c1-3-10-17-11(16-2)7-12(18-10)19-15-13-8-4-5-9(6-8)14(13)15/h7-9,13-15H,3-6H2,1-2H3,(H2,16,17,18,19). The number of hydrogen-bond donors (Lipinski definition) is 2. The highest BCUT2D eigenvalue weighted by Crippen LogP contribution is 2.66. The quantitative estimate of drug-likeness (QED) is 0.871. The van der Waals surface area contributed by atoms with Gasteiger partial charge >= 0.3 is 0 Å². The smallest absolute Gasteiger partial charge is 0.132 e. The topological polar surface area (TPSA) is 49.8 Å². The summed E-state index contributed by atoms with van der Waals surface area (Å²) >= 11 is 0. The number of nitrogens with zero attached hydrogens (tertiary/aromatic N) is 2. The fraction of sp³-hybridized carbons (Fsp3) is 0.733. The van der Waals surface area contributed by atoms with Crippen LogP contribution in [0.15, 0.2) is 6.07 Å². The van der Waals surface area contributed by atoms with E-state index in [1.807, 2.05) is 13.1 Å². The zero-order valence-electron chi connectivity index (χ0n) is 11.7. The minimum Gasteiger partial charge on any atom is -0.373 e. The predicted octanol–water partition coefficient (Wildman–Crippen LogP) is 2.54. The first-order chi connectivity index (χ1) is 9.30. The fourth-order valence-electron chi connectivity index (χ4n) is 4.55. The largest absolute Gasteiger partial charge is 0.373 e. The van der Waals surface area contributed by atoms with Crippen LogP contribution in [0.25, 0.3) is 0 Å². The minimum atomic E-state index is 0.690. The third-order valence-corrected chi connectivity index (χ3v) is 5.39. The minimum absolute atomic E-state index is 0.690. The molecule has 0 saturated heterocycles. The van der Waals surface area contributed by atoms with Gasteiger partial charge in [0, 0.05) is 25.6 Å². The first-order valence-corrected chi connectivity index (χ1v) is 7.62. The van der Waals surface area contributed by atoms with Crippen molar-refractivity contribution in [1.82, 2.24) is 9.97 Å². The number of nitrogens with one attached hydrogen (secondary N) is 2. The summed E-state index contributed by atoms with van der Waals surface area (Å²) in [5.41, 5.74) is 0. The van der Waals surface area contributed by atoms with E-state index in [-0.39, 0.29) is 0 Å². The second-order valence-corrected chi connectivity index (χ2v) is 6.32. The highest BCUT2D eigenvalue weighted by molar-refractivity contribution is 5.49. The molecule has 2 N–H and O–H groups in total. The van der Waals surface area contributed by atoms with Crippen LogP contribution in [0.4, 0.5) is 11.6 Å². The van der Waals surface area contributed by atoms with E-state index < -0.39 is 0 Å². The molecular weight excluding hydrogens is 236 g/mol. The molecule has 1 aromatic heterocycles. The molecule has 2 bridgehead atoms. The van der Waals surface area contributed by atoms with E-state index in [9.17, 15) is 0 Å². The molecule has 4 heteroatoms. The molecule has 4 nitrogen and oxygen atoms in total. The van der Waals surface area contributed by atoms with Gasteiger partial charge in [-0.25, -0.2) is 9.97 Å². The Morgan fingerprint density at radius 1 is 1.16 bits per heavy atom. The van der Waals surface area contributed by atoms with Crippen LogP contribution in [0.3, 0.4) is 0 Å². The van der Waals surface area contributed by atoms with E-state index >= 15 is 0 Å². The van der Waals surface area contributed by atoms with Gasteiger partial charge in [-0.3, -0.25) is 0 Å². The van der Waals surface area contributed by atoms with E-state index in [1.54, 1.807) is 0 Å². The summed E-state index contributed by atoms with van der Waals surface area (Å²) in [6.45, 7) is 2.10. The maximum absolute atomic E-state index is 4.62. The molecule has 0 radical (unpaired) electrons. The first-order valence-electron chi connectivity index (χ1n) is 7.62. The zero-order chi connectivity index (χ0) is 13.0. The van der Waals surface area contributed by atoms with Crippen molar-refractivity contribution in [3.05, 3.63) is 11.9 Å². The Morgan fingerprint density at radius 3 is 2.47 bits per heavy atom. The average molecular weight is 258 g/mol. The molecule has 4 atom stereocenters. The molecule has 3 aliphatic rings. The van der Waals surface area contributed by atoms with Gasteiger partial charge in [-0.2, -0.15) is 0 Å². The van der Waals surface area contributed by atoms with Gasteiger partial charge in [-0.05, 0) is 42.9 Å². The SMILES string of the molecule is CCc1nc(NC)cc(NC2C3C4CCC(C4)C23)n1. The number of anilines is 2. The monoisotopic (exact) mass is 258 g/mol. The summed E-state index contributed by atoms with van der Waals surface area (Å²) in [7, 11) is 1.91. The summed E-state index contributed by atoms with van der Waals surface area (Å²) in [5.74, 6) is 6.74. The highest BCUT2D eigenvalue weighted by Gasteiger charge is 2.65. The van der Waals surface area contributed by atoms with E-state index in [4.69, 9.17) is 0 Å². The number of fused-ring (bicyclic) bond motifs is 5. The number of hydrogen-bond acceptors (Lipinski definition) is 4. The van der Waals surface area contributed by atoms with Crippen molar-refractivity contribution in [3.63, 3.8) is 0 Å². The molecule has 1 aromatic rings. The van der Waals surface area contributed by atoms with Crippen molar-refractivity contribution in [2.45, 2.75) is 38.6 Å². The lowest BCUT2D eigenvalue weighted by atomic mass is 10.0. The van der Waals surface area contributed by atoms with Crippen molar-refractivity contribution in [3.8, 4) is 0 Å². The Bertz CT molecular complexity index is 463. The molecular formula is C15H22N4. The predicted molar refractivity (Wildman–Crippen MR) is 76.2 cm³/mol. The van der Waals surface area contributed by atoms with Crippen LogP contribution >= 0.6 is 0 Å². The molecule has 3 aliphatic carbocycles. The van der Waals surface area contributed by atoms with Gasteiger partial charge in [0.05, 0.1) is 0 Å². The normalized spacial score (nSPS) is 38.1. The summed E-state index contributed by atoms with van der Waals surface area (Å²) in [6.07, 6.45) is 5.32. The zero-order valence-corrected chi connectivity index (χ0v) is 11.7. The molecule has 19 heavy (non-hydrogen) atoms. The van der Waals surface area contributed by atoms with Gasteiger partial charge in [0.15, 0.2) is 0 Å². The third-order valence-electron chi connectivity index (χ3n) is 5.39. The van der Waals surface area contributed by atoms with Crippen LogP contribution in [-0.2, 0) is 6.42 Å². The Hall–Kier alpha value is -1.32. The molecule has 0 aliphatic heterocycles. The molecule has 0 spiro atoms. The molecule has 4 rings (SSSR count). The first kappa shape index (κ1) is 11.5. The lowest BCUT2D eigenvalue weighted by Crippen LogP contribution is -2.14. The van der Waals surface area contributed by atoms with Crippen molar-refractivity contribution in [2.24, 2.45) is 23.7 Å². The Morgan fingerprint density at radius 2 is 1.84 bits per heavy atom. The summed E-state index contributed by atoms with van der Waals surface area (Å²) in [4.78, 5) is 9.07. The molecule has 0 aromatic carbocycles. The van der Waals surface area contributed by atoms with Gasteiger partial charge in [-0.1, -0.05) is 6.92 Å². The Kier molecular flexibility index (Phi) is 2.47. The number of aryl methyl sites for hydroxylation is 1. The van der Waals surface area contributed by atoms with Crippen molar-refractivity contribution in [2.75, 3.05) is 17.7 Å². The summed E-state index contributed by atoms with van der Waals surface area (Å²) in [5, 5.41) is 6.80. The molecule has 0 amide bonds. The van der Waals surface area contributed by atoms with E-state index in [2.05, 4.69) is 27.5 Å². The lowest BCUT2D eigenvalue weighted by Gasteiger charge is -2.12. The van der Waals surface area contributed by atoms with Crippen LogP contribution < -0.4 is 10.6 Å². The highest BCUT2D eigenvalue weighted by atomic mass is 15.1. The molecule has 1 heterocycles. The molecule has 3 saturated carbocycles. The van der Waals surface area contributed by atoms with Crippen molar-refractivity contribution in [1.29, 1.82) is 0 Å². The summed E-state index contributed by atoms with van der Waals surface area (Å²) in [6, 6.07) is 2.73. The Labute approximate surface area is 114 Å². The second-order valence-electron chi connectivity index (χ2n) is 6.32. The lowest BCUT2D eigenvalue weighted by molar-refractivity contribution is 0.456. The fourth-order valence-corrected chi connectivity index (χ4v) is 4.55. The van der Waals surface area contributed by atoms with Gasteiger partial charge in [-0.15, -0.1) is 0 Å². The molecule has 4 unspecified atom stereocenters. The van der Waals surface area contributed by atoms with E-state index in [0.29, 0.717) is 6.04 Å². The third kappa shape index (κ3) is 1.72. The van der Waals surface area contributed by atoms with Crippen molar-refractivity contribution >= 4 is 11.6 Å². The second kappa shape index (κ2) is 4.09. The van der Waals surface area contributed by atoms with E-state index in [1.165, 1.54) is 19.3 Å². The average Bonchev–Trinajstić information content (AvgIpc) is 2.85. The molecule has 102 valence electrons. The van der Waals surface area contributed by atoms with Gasteiger partial charge in [0.2, 0.25) is 0 Å². The van der Waals surface area contributed by atoms with Crippen LogP contribution in [0, 0.1) is 23.7 Å². The van der Waals surface area contributed by atoms with Crippen LogP contribution in [0.2, 0.25) is 0 Å². The maximum atomic E-state index is 4.62. The maximum Gasteiger partial charge on any atom is 0.132 e. The molecule has 3 fully saturated rings. The number of rotatable bonds is 4. The van der Waals surface area contributed by atoms with Crippen molar-refractivity contribution < 1.29 is 0 Å². The van der Waals surface area contributed by atoms with Crippen LogP contribution in [-0.4, -0.2) is 23.1 Å². The Balaban J connectivity index is 1.52. The van der Waals surface area contributed by atoms with Gasteiger partial charge in [0.1, 0.15) is 17.5 Å².